The lowest BCUT2D eigenvalue weighted by atomic mass is 10.1. The first-order chi connectivity index (χ1) is 10.5. The quantitative estimate of drug-likeness (QED) is 0.819. The molecule has 0 radical (unpaired) electrons. The first-order valence-electron chi connectivity index (χ1n) is 6.84. The van der Waals surface area contributed by atoms with Crippen LogP contribution in [0.25, 0.3) is 0 Å². The number of ether oxygens (including phenoxy) is 3. The molecule has 0 heterocycles. The SMILES string of the molecule is COc1cc(C(=O)N(CC(=O)O)C2CC2)cc(OC)c1OC. The molecule has 0 saturated heterocycles. The summed E-state index contributed by atoms with van der Waals surface area (Å²) in [6.45, 7) is -0.319. The minimum atomic E-state index is -1.03. The Hall–Kier alpha value is -2.44. The Kier molecular flexibility index (Phi) is 4.75. The van der Waals surface area contributed by atoms with E-state index in [2.05, 4.69) is 0 Å². The van der Waals surface area contributed by atoms with Crippen molar-refractivity contribution >= 4 is 11.9 Å². The topological polar surface area (TPSA) is 85.3 Å². The summed E-state index contributed by atoms with van der Waals surface area (Å²) in [4.78, 5) is 24.9. The number of hydrogen-bond acceptors (Lipinski definition) is 5. The third kappa shape index (κ3) is 3.24. The molecule has 2 rings (SSSR count). The molecular weight excluding hydrogens is 290 g/mol. The summed E-state index contributed by atoms with van der Waals surface area (Å²) in [6.07, 6.45) is 1.65. The maximum absolute atomic E-state index is 12.6. The van der Waals surface area contributed by atoms with Crippen molar-refractivity contribution < 1.29 is 28.9 Å². The van der Waals surface area contributed by atoms with Crippen LogP contribution in [0.2, 0.25) is 0 Å². The van der Waals surface area contributed by atoms with Crippen LogP contribution in [0.5, 0.6) is 17.2 Å². The number of carbonyl (C=O) groups excluding carboxylic acids is 1. The summed E-state index contributed by atoms with van der Waals surface area (Å²) in [5.74, 6) is -0.290. The lowest BCUT2D eigenvalue weighted by molar-refractivity contribution is -0.137. The summed E-state index contributed by atoms with van der Waals surface area (Å²) < 4.78 is 15.6. The molecule has 0 atom stereocenters. The summed E-state index contributed by atoms with van der Waals surface area (Å²) in [6, 6.07) is 3.05. The smallest absolute Gasteiger partial charge is 0.323 e. The Bertz CT molecular complexity index is 556. The van der Waals surface area contributed by atoms with Crippen molar-refractivity contribution in [3.05, 3.63) is 17.7 Å². The number of nitrogens with zero attached hydrogens (tertiary/aromatic N) is 1. The molecule has 1 aromatic rings. The highest BCUT2D eigenvalue weighted by molar-refractivity contribution is 5.97. The second-order valence-corrected chi connectivity index (χ2v) is 4.97. The maximum Gasteiger partial charge on any atom is 0.323 e. The van der Waals surface area contributed by atoms with E-state index >= 15 is 0 Å². The van der Waals surface area contributed by atoms with Gasteiger partial charge in [0.1, 0.15) is 6.54 Å². The van der Waals surface area contributed by atoms with Crippen molar-refractivity contribution in [3.8, 4) is 17.2 Å². The van der Waals surface area contributed by atoms with E-state index < -0.39 is 5.97 Å². The minimum Gasteiger partial charge on any atom is -0.493 e. The molecule has 7 heteroatoms. The van der Waals surface area contributed by atoms with Gasteiger partial charge in [0, 0.05) is 11.6 Å². The summed E-state index contributed by atoms with van der Waals surface area (Å²) in [5, 5.41) is 8.98. The highest BCUT2D eigenvalue weighted by Gasteiger charge is 2.35. The normalized spacial score (nSPS) is 13.4. The average Bonchev–Trinajstić information content (AvgIpc) is 3.34. The Morgan fingerprint density at radius 3 is 2.05 bits per heavy atom. The first kappa shape index (κ1) is 15.9. The van der Waals surface area contributed by atoms with Gasteiger partial charge in [-0.05, 0) is 25.0 Å². The molecule has 0 spiro atoms. The van der Waals surface area contributed by atoms with Crippen LogP contribution in [0.4, 0.5) is 0 Å². The van der Waals surface area contributed by atoms with E-state index in [1.807, 2.05) is 0 Å². The lowest BCUT2D eigenvalue weighted by Gasteiger charge is -2.21. The van der Waals surface area contributed by atoms with E-state index in [-0.39, 0.29) is 18.5 Å². The van der Waals surface area contributed by atoms with Crippen LogP contribution in [0, 0.1) is 0 Å². The van der Waals surface area contributed by atoms with Crippen LogP contribution in [0.15, 0.2) is 12.1 Å². The molecule has 1 saturated carbocycles. The van der Waals surface area contributed by atoms with Gasteiger partial charge in [-0.1, -0.05) is 0 Å². The van der Waals surface area contributed by atoms with Gasteiger partial charge in [-0.15, -0.1) is 0 Å². The number of carboxylic acids is 1. The first-order valence-corrected chi connectivity index (χ1v) is 6.84. The van der Waals surface area contributed by atoms with Crippen LogP contribution in [-0.2, 0) is 4.79 Å². The Balaban J connectivity index is 2.37. The van der Waals surface area contributed by atoms with Gasteiger partial charge in [0.2, 0.25) is 5.75 Å². The zero-order chi connectivity index (χ0) is 16.3. The van der Waals surface area contributed by atoms with Gasteiger partial charge >= 0.3 is 5.97 Å². The highest BCUT2D eigenvalue weighted by atomic mass is 16.5. The highest BCUT2D eigenvalue weighted by Crippen LogP contribution is 2.39. The monoisotopic (exact) mass is 309 g/mol. The van der Waals surface area contributed by atoms with E-state index in [4.69, 9.17) is 19.3 Å². The predicted molar refractivity (Wildman–Crippen MR) is 77.8 cm³/mol. The maximum atomic E-state index is 12.6. The van der Waals surface area contributed by atoms with Gasteiger partial charge in [0.05, 0.1) is 21.3 Å². The molecule has 22 heavy (non-hydrogen) atoms. The van der Waals surface area contributed by atoms with E-state index in [0.717, 1.165) is 12.8 Å². The number of carboxylic acid groups (broad SMARTS) is 1. The second kappa shape index (κ2) is 6.55. The van der Waals surface area contributed by atoms with Crippen molar-refractivity contribution in [1.82, 2.24) is 4.90 Å². The van der Waals surface area contributed by atoms with Crippen molar-refractivity contribution in [2.45, 2.75) is 18.9 Å². The van der Waals surface area contributed by atoms with E-state index in [9.17, 15) is 9.59 Å². The molecule has 7 nitrogen and oxygen atoms in total. The van der Waals surface area contributed by atoms with Crippen LogP contribution >= 0.6 is 0 Å². The number of carbonyl (C=O) groups is 2. The molecule has 120 valence electrons. The number of methoxy groups -OCH3 is 3. The third-order valence-electron chi connectivity index (χ3n) is 3.47. The van der Waals surface area contributed by atoms with Gasteiger partial charge in [-0.2, -0.15) is 0 Å². The van der Waals surface area contributed by atoms with Crippen LogP contribution < -0.4 is 14.2 Å². The molecule has 0 aromatic heterocycles. The van der Waals surface area contributed by atoms with Crippen LogP contribution in [-0.4, -0.2) is 55.8 Å². The molecule has 0 unspecified atom stereocenters. The third-order valence-corrected chi connectivity index (χ3v) is 3.47. The van der Waals surface area contributed by atoms with E-state index in [0.29, 0.717) is 22.8 Å². The lowest BCUT2D eigenvalue weighted by Crippen LogP contribution is -2.37. The number of benzene rings is 1. The van der Waals surface area contributed by atoms with E-state index in [1.54, 1.807) is 0 Å². The van der Waals surface area contributed by atoms with E-state index in [1.165, 1.54) is 38.4 Å². The molecule has 1 aliphatic carbocycles. The summed E-state index contributed by atoms with van der Waals surface area (Å²) >= 11 is 0. The van der Waals surface area contributed by atoms with Crippen LogP contribution in [0.3, 0.4) is 0 Å². The van der Waals surface area contributed by atoms with Crippen molar-refractivity contribution in [3.63, 3.8) is 0 Å². The molecule has 1 fully saturated rings. The zero-order valence-corrected chi connectivity index (χ0v) is 12.8. The second-order valence-electron chi connectivity index (χ2n) is 4.97. The van der Waals surface area contributed by atoms with Gasteiger partial charge in [-0.3, -0.25) is 9.59 Å². The number of rotatable bonds is 7. The largest absolute Gasteiger partial charge is 0.493 e. The number of aliphatic carboxylic acids is 1. The van der Waals surface area contributed by atoms with Crippen molar-refractivity contribution in [2.75, 3.05) is 27.9 Å². The predicted octanol–water partition coefficient (Wildman–Crippen LogP) is 1.40. The number of hydrogen-bond donors (Lipinski definition) is 1. The van der Waals surface area contributed by atoms with Crippen molar-refractivity contribution in [2.24, 2.45) is 0 Å². The minimum absolute atomic E-state index is 0.0114. The van der Waals surface area contributed by atoms with Gasteiger partial charge < -0.3 is 24.2 Å². The molecule has 0 aliphatic heterocycles. The Morgan fingerprint density at radius 2 is 1.68 bits per heavy atom. The zero-order valence-electron chi connectivity index (χ0n) is 12.8. The molecule has 1 aromatic carbocycles. The molecule has 1 N–H and O–H groups in total. The molecular formula is C15H19NO6. The summed E-state index contributed by atoms with van der Waals surface area (Å²) in [5.41, 5.74) is 0.308. The Morgan fingerprint density at radius 1 is 1.14 bits per heavy atom. The fourth-order valence-corrected chi connectivity index (χ4v) is 2.27. The number of amides is 1. The summed E-state index contributed by atoms with van der Waals surface area (Å²) in [7, 11) is 4.39. The molecule has 0 bridgehead atoms. The van der Waals surface area contributed by atoms with Gasteiger partial charge in [0.25, 0.3) is 5.91 Å². The van der Waals surface area contributed by atoms with Gasteiger partial charge in [0.15, 0.2) is 11.5 Å². The fourth-order valence-electron chi connectivity index (χ4n) is 2.27. The molecule has 1 aliphatic rings. The van der Waals surface area contributed by atoms with Gasteiger partial charge in [-0.25, -0.2) is 0 Å². The van der Waals surface area contributed by atoms with Crippen LogP contribution in [0.1, 0.15) is 23.2 Å². The fraction of sp³-hybridized carbons (Fsp3) is 0.467. The standard InChI is InChI=1S/C15H19NO6/c1-20-11-6-9(7-12(21-2)14(11)22-3)15(19)16(8-13(17)18)10-4-5-10/h6-7,10H,4-5,8H2,1-3H3,(H,17,18). The Labute approximate surface area is 128 Å². The average molecular weight is 309 g/mol. The van der Waals surface area contributed by atoms with Crippen molar-refractivity contribution in [1.29, 1.82) is 0 Å². The molecule has 1 amide bonds.